The van der Waals surface area contributed by atoms with Crippen molar-refractivity contribution < 1.29 is 19.4 Å². The smallest absolute Gasteiger partial charge is 0.330 e. The van der Waals surface area contributed by atoms with E-state index in [0.717, 1.165) is 12.0 Å². The first kappa shape index (κ1) is 17.8. The van der Waals surface area contributed by atoms with Gasteiger partial charge >= 0.3 is 5.97 Å². The molecular weight excluding hydrogens is 318 g/mol. The maximum absolute atomic E-state index is 12.0. The predicted octanol–water partition coefficient (Wildman–Crippen LogP) is 3.22. The first-order valence-corrected chi connectivity index (χ1v) is 9.13. The van der Waals surface area contributed by atoms with Crippen LogP contribution < -0.4 is 4.74 Å². The molecule has 2 aliphatic heterocycles. The molecule has 1 aromatic rings. The van der Waals surface area contributed by atoms with Gasteiger partial charge in [-0.1, -0.05) is 12.5 Å². The van der Waals surface area contributed by atoms with E-state index in [-0.39, 0.29) is 11.7 Å². The molecule has 2 heterocycles. The van der Waals surface area contributed by atoms with Gasteiger partial charge in [-0.2, -0.15) is 0 Å². The van der Waals surface area contributed by atoms with Crippen LogP contribution in [0.4, 0.5) is 0 Å². The summed E-state index contributed by atoms with van der Waals surface area (Å²) in [6.45, 7) is 2.89. The molecule has 2 fully saturated rings. The van der Waals surface area contributed by atoms with Gasteiger partial charge in [0.1, 0.15) is 0 Å². The summed E-state index contributed by atoms with van der Waals surface area (Å²) in [5.74, 6) is 0.604. The van der Waals surface area contributed by atoms with E-state index in [2.05, 4.69) is 4.90 Å². The van der Waals surface area contributed by atoms with E-state index >= 15 is 0 Å². The summed E-state index contributed by atoms with van der Waals surface area (Å²) in [7, 11) is 1.50. The predicted molar refractivity (Wildman–Crippen MR) is 96.6 cm³/mol. The average Bonchev–Trinajstić information content (AvgIpc) is 2.65. The van der Waals surface area contributed by atoms with E-state index in [9.17, 15) is 9.90 Å². The first-order chi connectivity index (χ1) is 12.2. The number of phenolic OH excluding ortho intramolecular Hbond substituents is 1. The molecule has 2 saturated heterocycles. The van der Waals surface area contributed by atoms with Crippen LogP contribution in [0.5, 0.6) is 11.5 Å². The number of hydrogen-bond acceptors (Lipinski definition) is 5. The lowest BCUT2D eigenvalue weighted by atomic mass is 9.84. The highest BCUT2D eigenvalue weighted by Gasteiger charge is 2.33. The fraction of sp³-hybridized carbons (Fsp3) is 0.550. The van der Waals surface area contributed by atoms with Gasteiger partial charge in [-0.25, -0.2) is 4.79 Å². The largest absolute Gasteiger partial charge is 0.504 e. The van der Waals surface area contributed by atoms with Crippen LogP contribution in [-0.2, 0) is 9.53 Å². The van der Waals surface area contributed by atoms with E-state index in [4.69, 9.17) is 9.47 Å². The molecule has 5 heteroatoms. The summed E-state index contributed by atoms with van der Waals surface area (Å²) < 4.78 is 10.6. The number of ether oxygens (including phenoxy) is 2. The van der Waals surface area contributed by atoms with Crippen molar-refractivity contribution in [2.24, 2.45) is 5.92 Å². The van der Waals surface area contributed by atoms with Gasteiger partial charge in [-0.15, -0.1) is 0 Å². The van der Waals surface area contributed by atoms with Gasteiger partial charge in [0.25, 0.3) is 0 Å². The van der Waals surface area contributed by atoms with Crippen molar-refractivity contribution in [3.63, 3.8) is 0 Å². The van der Waals surface area contributed by atoms with Crippen LogP contribution >= 0.6 is 0 Å². The molecule has 0 spiro atoms. The number of methoxy groups -OCH3 is 1. The number of carbonyl (C=O) groups excluding carboxylic acids is 1. The summed E-state index contributed by atoms with van der Waals surface area (Å²) in [5.41, 5.74) is 0.780. The number of esters is 1. The van der Waals surface area contributed by atoms with Crippen LogP contribution in [0.1, 0.15) is 37.7 Å². The third-order valence-electron chi connectivity index (χ3n) is 5.28. The summed E-state index contributed by atoms with van der Waals surface area (Å²) >= 11 is 0. The fourth-order valence-electron chi connectivity index (χ4n) is 3.97. The molecule has 0 aliphatic carbocycles. The SMILES string of the molecule is COc1cc(C=CC(=O)OC[C@H]2CCCN3CCCC[C@H]23)ccc1O. The lowest BCUT2D eigenvalue weighted by Crippen LogP contribution is -2.49. The molecule has 1 N–H and O–H groups in total. The number of nitrogens with zero attached hydrogens (tertiary/aromatic N) is 1. The minimum absolute atomic E-state index is 0.0801. The van der Waals surface area contributed by atoms with Crippen LogP contribution in [-0.4, -0.2) is 48.8 Å². The van der Waals surface area contributed by atoms with Crippen molar-refractivity contribution in [1.29, 1.82) is 0 Å². The van der Waals surface area contributed by atoms with Crippen LogP contribution in [0.15, 0.2) is 24.3 Å². The highest BCUT2D eigenvalue weighted by molar-refractivity contribution is 5.87. The number of hydrogen-bond donors (Lipinski definition) is 1. The second-order valence-electron chi connectivity index (χ2n) is 6.90. The molecule has 0 radical (unpaired) electrons. The molecule has 25 heavy (non-hydrogen) atoms. The molecule has 1 aromatic carbocycles. The first-order valence-electron chi connectivity index (χ1n) is 9.13. The van der Waals surface area contributed by atoms with Gasteiger partial charge in [-0.3, -0.25) is 4.90 Å². The minimum atomic E-state index is -0.319. The van der Waals surface area contributed by atoms with E-state index in [1.54, 1.807) is 24.3 Å². The summed E-state index contributed by atoms with van der Waals surface area (Å²) in [5, 5.41) is 9.59. The van der Waals surface area contributed by atoms with Gasteiger partial charge < -0.3 is 14.6 Å². The van der Waals surface area contributed by atoms with Gasteiger partial charge in [0, 0.05) is 18.0 Å². The lowest BCUT2D eigenvalue weighted by Gasteiger charge is -2.44. The number of benzene rings is 1. The second-order valence-corrected chi connectivity index (χ2v) is 6.90. The molecule has 2 atom stereocenters. The molecule has 3 rings (SSSR count). The van der Waals surface area contributed by atoms with Crippen molar-refractivity contribution in [3.8, 4) is 11.5 Å². The number of rotatable bonds is 5. The van der Waals surface area contributed by atoms with E-state index in [0.29, 0.717) is 24.3 Å². The molecule has 136 valence electrons. The average molecular weight is 345 g/mol. The Hall–Kier alpha value is -2.01. The quantitative estimate of drug-likeness (QED) is 0.656. The fourth-order valence-corrected chi connectivity index (χ4v) is 3.97. The highest BCUT2D eigenvalue weighted by Crippen LogP contribution is 2.31. The summed E-state index contributed by atoms with van der Waals surface area (Å²) in [6.07, 6.45) is 9.27. The van der Waals surface area contributed by atoms with Crippen molar-refractivity contribution in [1.82, 2.24) is 4.90 Å². The molecule has 0 saturated carbocycles. The van der Waals surface area contributed by atoms with E-state index in [1.165, 1.54) is 52.0 Å². The Morgan fingerprint density at radius 1 is 1.28 bits per heavy atom. The van der Waals surface area contributed by atoms with Crippen molar-refractivity contribution in [2.45, 2.75) is 38.1 Å². The number of fused-ring (bicyclic) bond motifs is 1. The maximum atomic E-state index is 12.0. The minimum Gasteiger partial charge on any atom is -0.504 e. The molecule has 0 bridgehead atoms. The van der Waals surface area contributed by atoms with Crippen LogP contribution in [0, 0.1) is 5.92 Å². The Kier molecular flexibility index (Phi) is 5.97. The monoisotopic (exact) mass is 345 g/mol. The van der Waals surface area contributed by atoms with Gasteiger partial charge in [-0.05, 0) is 62.5 Å². The Morgan fingerprint density at radius 3 is 2.96 bits per heavy atom. The van der Waals surface area contributed by atoms with Crippen LogP contribution in [0.2, 0.25) is 0 Å². The van der Waals surface area contributed by atoms with Crippen molar-refractivity contribution in [3.05, 3.63) is 29.8 Å². The number of phenols is 1. The third-order valence-corrected chi connectivity index (χ3v) is 5.28. The number of carbonyl (C=O) groups is 1. The topological polar surface area (TPSA) is 59.0 Å². The molecule has 0 unspecified atom stereocenters. The number of piperidine rings is 2. The molecule has 2 aliphatic rings. The molecule has 0 aromatic heterocycles. The Labute approximate surface area is 149 Å². The summed E-state index contributed by atoms with van der Waals surface area (Å²) in [6, 6.07) is 5.53. The number of aromatic hydroxyl groups is 1. The Morgan fingerprint density at radius 2 is 2.12 bits per heavy atom. The zero-order valence-electron chi connectivity index (χ0n) is 14.8. The third kappa shape index (κ3) is 4.54. The van der Waals surface area contributed by atoms with Crippen molar-refractivity contribution in [2.75, 3.05) is 26.8 Å². The van der Waals surface area contributed by atoms with Gasteiger partial charge in [0.05, 0.1) is 13.7 Å². The zero-order chi connectivity index (χ0) is 17.6. The van der Waals surface area contributed by atoms with Crippen LogP contribution in [0.25, 0.3) is 6.08 Å². The standard InChI is InChI=1S/C20H27NO4/c1-24-19-13-15(7-9-18(19)22)8-10-20(23)25-14-16-5-4-12-21-11-3-2-6-17(16)21/h7-10,13,16-17,22H,2-6,11-12,14H2,1H3/t16-,17-/m1/s1. The van der Waals surface area contributed by atoms with E-state index < -0.39 is 0 Å². The van der Waals surface area contributed by atoms with Gasteiger partial charge in [0.15, 0.2) is 11.5 Å². The Balaban J connectivity index is 1.52. The molecule has 0 amide bonds. The molecular formula is C20H27NO4. The zero-order valence-corrected chi connectivity index (χ0v) is 14.8. The Bertz CT molecular complexity index is 626. The summed E-state index contributed by atoms with van der Waals surface area (Å²) in [4.78, 5) is 14.6. The van der Waals surface area contributed by atoms with Crippen LogP contribution in [0.3, 0.4) is 0 Å². The molecule has 5 nitrogen and oxygen atoms in total. The maximum Gasteiger partial charge on any atom is 0.330 e. The van der Waals surface area contributed by atoms with E-state index in [1.807, 2.05) is 0 Å². The highest BCUT2D eigenvalue weighted by atomic mass is 16.5. The lowest BCUT2D eigenvalue weighted by molar-refractivity contribution is -0.140. The second kappa shape index (κ2) is 8.39. The van der Waals surface area contributed by atoms with Gasteiger partial charge in [0.2, 0.25) is 0 Å². The normalized spacial score (nSPS) is 24.0. The van der Waals surface area contributed by atoms with Crippen molar-refractivity contribution >= 4 is 12.0 Å².